The highest BCUT2D eigenvalue weighted by Crippen LogP contribution is 2.17. The van der Waals surface area contributed by atoms with Gasteiger partial charge in [-0.25, -0.2) is 0 Å². The zero-order valence-corrected chi connectivity index (χ0v) is 11.2. The summed E-state index contributed by atoms with van der Waals surface area (Å²) in [5.74, 6) is 0.772. The van der Waals surface area contributed by atoms with E-state index >= 15 is 0 Å². The number of hydrogen-bond acceptors (Lipinski definition) is 2. The molecule has 1 aromatic rings. The van der Waals surface area contributed by atoms with Crippen molar-refractivity contribution >= 4 is 0 Å². The molecular weight excluding hydrogens is 210 g/mol. The average Bonchev–Trinajstić information content (AvgIpc) is 2.34. The highest BCUT2D eigenvalue weighted by molar-refractivity contribution is 5.18. The predicted octanol–water partition coefficient (Wildman–Crippen LogP) is 3.51. The van der Waals surface area contributed by atoms with Crippen molar-refractivity contribution in [2.45, 2.75) is 52.4 Å². The summed E-state index contributed by atoms with van der Waals surface area (Å²) >= 11 is 0. The van der Waals surface area contributed by atoms with Gasteiger partial charge in [0, 0.05) is 18.5 Å². The molecule has 0 radical (unpaired) electrons. The molecule has 1 rings (SSSR count). The first-order chi connectivity index (χ1) is 8.24. The van der Waals surface area contributed by atoms with Crippen molar-refractivity contribution in [3.63, 3.8) is 0 Å². The van der Waals surface area contributed by atoms with Crippen molar-refractivity contribution in [3.05, 3.63) is 29.6 Å². The molecule has 0 aliphatic heterocycles. The Morgan fingerprint density at radius 1 is 1.24 bits per heavy atom. The summed E-state index contributed by atoms with van der Waals surface area (Å²) in [6.07, 6.45) is 8.87. The SMILES string of the molecule is Cc1ncccc1CC[C@@H](C)CCCCCO. The third-order valence-electron chi connectivity index (χ3n) is 3.38. The van der Waals surface area contributed by atoms with Crippen LogP contribution in [0.4, 0.5) is 0 Å². The molecule has 2 heteroatoms. The van der Waals surface area contributed by atoms with Crippen molar-refractivity contribution < 1.29 is 5.11 Å². The average molecular weight is 235 g/mol. The zero-order valence-electron chi connectivity index (χ0n) is 11.2. The molecule has 0 aromatic carbocycles. The first-order valence-corrected chi connectivity index (χ1v) is 6.75. The van der Waals surface area contributed by atoms with Crippen LogP contribution in [0.5, 0.6) is 0 Å². The molecule has 0 bridgehead atoms. The van der Waals surface area contributed by atoms with E-state index in [0.717, 1.165) is 25.2 Å². The van der Waals surface area contributed by atoms with Crippen LogP contribution in [0.3, 0.4) is 0 Å². The molecular formula is C15H25NO. The van der Waals surface area contributed by atoms with E-state index in [1.165, 1.54) is 30.5 Å². The lowest BCUT2D eigenvalue weighted by molar-refractivity contribution is 0.280. The lowest BCUT2D eigenvalue weighted by Crippen LogP contribution is -2.00. The van der Waals surface area contributed by atoms with Gasteiger partial charge in [-0.3, -0.25) is 4.98 Å². The van der Waals surface area contributed by atoms with Crippen LogP contribution >= 0.6 is 0 Å². The fourth-order valence-electron chi connectivity index (χ4n) is 2.11. The molecule has 0 saturated carbocycles. The van der Waals surface area contributed by atoms with Crippen LogP contribution in [0.15, 0.2) is 18.3 Å². The topological polar surface area (TPSA) is 33.1 Å². The van der Waals surface area contributed by atoms with E-state index < -0.39 is 0 Å². The first-order valence-electron chi connectivity index (χ1n) is 6.75. The van der Waals surface area contributed by atoms with E-state index in [9.17, 15) is 0 Å². The molecule has 96 valence electrons. The maximum Gasteiger partial charge on any atom is 0.0431 e. The molecule has 0 aliphatic rings. The van der Waals surface area contributed by atoms with E-state index in [1.54, 1.807) is 0 Å². The van der Waals surface area contributed by atoms with Gasteiger partial charge in [0.15, 0.2) is 0 Å². The van der Waals surface area contributed by atoms with E-state index in [4.69, 9.17) is 5.11 Å². The first kappa shape index (κ1) is 14.2. The van der Waals surface area contributed by atoms with Crippen LogP contribution < -0.4 is 0 Å². The highest BCUT2D eigenvalue weighted by atomic mass is 16.2. The number of aryl methyl sites for hydroxylation is 2. The fraction of sp³-hybridized carbons (Fsp3) is 0.667. The van der Waals surface area contributed by atoms with E-state index in [2.05, 4.69) is 24.9 Å². The van der Waals surface area contributed by atoms with Crippen molar-refractivity contribution in [1.29, 1.82) is 0 Å². The van der Waals surface area contributed by atoms with Crippen LogP contribution in [0.2, 0.25) is 0 Å². The molecule has 0 amide bonds. The summed E-state index contributed by atoms with van der Waals surface area (Å²) in [6.45, 7) is 4.75. The molecule has 0 saturated heterocycles. The lowest BCUT2D eigenvalue weighted by Gasteiger charge is -2.11. The third-order valence-corrected chi connectivity index (χ3v) is 3.38. The fourth-order valence-corrected chi connectivity index (χ4v) is 2.11. The molecule has 1 N–H and O–H groups in total. The van der Waals surface area contributed by atoms with Gasteiger partial charge in [-0.1, -0.05) is 32.3 Å². The minimum absolute atomic E-state index is 0.337. The normalized spacial score (nSPS) is 12.6. The van der Waals surface area contributed by atoms with E-state index in [-0.39, 0.29) is 0 Å². The number of rotatable bonds is 8. The minimum atomic E-state index is 0.337. The Labute approximate surface area is 105 Å². The summed E-state index contributed by atoms with van der Waals surface area (Å²) in [6, 6.07) is 4.20. The lowest BCUT2D eigenvalue weighted by atomic mass is 9.95. The number of hydrogen-bond donors (Lipinski definition) is 1. The quantitative estimate of drug-likeness (QED) is 0.699. The number of nitrogens with zero attached hydrogens (tertiary/aromatic N) is 1. The monoisotopic (exact) mass is 235 g/mol. The number of unbranched alkanes of at least 4 members (excludes halogenated alkanes) is 2. The van der Waals surface area contributed by atoms with Gasteiger partial charge in [-0.15, -0.1) is 0 Å². The van der Waals surface area contributed by atoms with Crippen LogP contribution in [-0.2, 0) is 6.42 Å². The van der Waals surface area contributed by atoms with Crippen molar-refractivity contribution in [2.24, 2.45) is 5.92 Å². The molecule has 1 heterocycles. The maximum atomic E-state index is 8.71. The Morgan fingerprint density at radius 2 is 2.06 bits per heavy atom. The minimum Gasteiger partial charge on any atom is -0.396 e. The standard InChI is InChI=1S/C15H25NO/c1-13(7-4-3-5-12-17)9-10-15-8-6-11-16-14(15)2/h6,8,11,13,17H,3-5,7,9-10,12H2,1-2H3/t13-/m0/s1. The second kappa shape index (κ2) is 8.24. The summed E-state index contributed by atoms with van der Waals surface area (Å²) in [5.41, 5.74) is 2.55. The summed E-state index contributed by atoms with van der Waals surface area (Å²) < 4.78 is 0. The van der Waals surface area contributed by atoms with Gasteiger partial charge < -0.3 is 5.11 Å². The van der Waals surface area contributed by atoms with Gasteiger partial charge >= 0.3 is 0 Å². The molecule has 2 nitrogen and oxygen atoms in total. The molecule has 0 unspecified atom stereocenters. The van der Waals surface area contributed by atoms with Gasteiger partial charge in [-0.2, -0.15) is 0 Å². The summed E-state index contributed by atoms with van der Waals surface area (Å²) in [5, 5.41) is 8.71. The van der Waals surface area contributed by atoms with Crippen LogP contribution in [0.1, 0.15) is 50.3 Å². The molecule has 17 heavy (non-hydrogen) atoms. The largest absolute Gasteiger partial charge is 0.396 e. The van der Waals surface area contributed by atoms with Crippen LogP contribution in [-0.4, -0.2) is 16.7 Å². The number of aliphatic hydroxyl groups is 1. The van der Waals surface area contributed by atoms with Gasteiger partial charge in [0.1, 0.15) is 0 Å². The Balaban J connectivity index is 2.19. The summed E-state index contributed by atoms with van der Waals surface area (Å²) in [4.78, 5) is 4.32. The van der Waals surface area contributed by atoms with Gasteiger partial charge in [0.2, 0.25) is 0 Å². The molecule has 1 aromatic heterocycles. The highest BCUT2D eigenvalue weighted by Gasteiger charge is 2.04. The van der Waals surface area contributed by atoms with Gasteiger partial charge in [-0.05, 0) is 43.7 Å². The Morgan fingerprint density at radius 3 is 2.76 bits per heavy atom. The number of pyridine rings is 1. The molecule has 1 atom stereocenters. The second-order valence-corrected chi connectivity index (χ2v) is 4.96. The number of aromatic nitrogens is 1. The van der Waals surface area contributed by atoms with Gasteiger partial charge in [0.25, 0.3) is 0 Å². The second-order valence-electron chi connectivity index (χ2n) is 4.96. The maximum absolute atomic E-state index is 8.71. The third kappa shape index (κ3) is 5.83. The molecule has 0 aliphatic carbocycles. The van der Waals surface area contributed by atoms with Crippen molar-refractivity contribution in [1.82, 2.24) is 4.98 Å². The van der Waals surface area contributed by atoms with Crippen molar-refractivity contribution in [3.8, 4) is 0 Å². The Bertz CT molecular complexity index is 312. The number of aliphatic hydroxyl groups excluding tert-OH is 1. The van der Waals surface area contributed by atoms with Crippen LogP contribution in [0, 0.1) is 12.8 Å². The predicted molar refractivity (Wildman–Crippen MR) is 72.0 cm³/mol. The van der Waals surface area contributed by atoms with E-state index in [1.807, 2.05) is 12.3 Å². The zero-order chi connectivity index (χ0) is 12.5. The van der Waals surface area contributed by atoms with Crippen LogP contribution in [0.25, 0.3) is 0 Å². The smallest absolute Gasteiger partial charge is 0.0431 e. The van der Waals surface area contributed by atoms with E-state index in [0.29, 0.717) is 6.61 Å². The summed E-state index contributed by atoms with van der Waals surface area (Å²) in [7, 11) is 0. The molecule has 0 spiro atoms. The Kier molecular flexibility index (Phi) is 6.87. The molecule has 0 fully saturated rings. The van der Waals surface area contributed by atoms with Gasteiger partial charge in [0.05, 0.1) is 0 Å². The van der Waals surface area contributed by atoms with Crippen molar-refractivity contribution in [2.75, 3.05) is 6.61 Å². The Hall–Kier alpha value is -0.890.